The molecule has 0 aliphatic carbocycles. The van der Waals surface area contributed by atoms with Crippen LogP contribution in [0.3, 0.4) is 0 Å². The highest BCUT2D eigenvalue weighted by Crippen LogP contribution is 2.28. The minimum Gasteiger partial charge on any atom is -0.478 e. The number of nitrogens with one attached hydrogen (secondary N) is 1. The number of nitro benzene ring substituents is 1. The van der Waals surface area contributed by atoms with Crippen molar-refractivity contribution in [3.8, 4) is 0 Å². The molecular weight excluding hydrogens is 362 g/mol. The number of rotatable bonds is 5. The SMILES string of the molecule is Cc1cc(Cl)ncc1NS(=O)(=O)c1ccc(C(=O)O)cc1[N+](=O)[O-]. The van der Waals surface area contributed by atoms with Crippen LogP contribution in [0.4, 0.5) is 11.4 Å². The zero-order valence-corrected chi connectivity index (χ0v) is 13.6. The first-order chi connectivity index (χ1) is 11.1. The van der Waals surface area contributed by atoms with Crippen molar-refractivity contribution in [3.05, 3.63) is 56.9 Å². The van der Waals surface area contributed by atoms with E-state index in [0.717, 1.165) is 12.1 Å². The number of aromatic carboxylic acids is 1. The maximum absolute atomic E-state index is 12.4. The number of hydrogen-bond donors (Lipinski definition) is 2. The molecule has 1 aromatic heterocycles. The number of carbonyl (C=O) groups is 1. The summed E-state index contributed by atoms with van der Waals surface area (Å²) in [5.74, 6) is -1.41. The Morgan fingerprint density at radius 3 is 2.58 bits per heavy atom. The number of anilines is 1. The van der Waals surface area contributed by atoms with Gasteiger partial charge in [0.15, 0.2) is 4.90 Å². The van der Waals surface area contributed by atoms with Crippen molar-refractivity contribution >= 4 is 39.0 Å². The molecule has 0 unspecified atom stereocenters. The molecule has 0 spiro atoms. The fourth-order valence-corrected chi connectivity index (χ4v) is 3.33. The molecule has 0 fully saturated rings. The molecular formula is C13H10ClN3O6S. The van der Waals surface area contributed by atoms with E-state index in [2.05, 4.69) is 9.71 Å². The first-order valence-electron chi connectivity index (χ1n) is 6.28. The maximum Gasteiger partial charge on any atom is 0.335 e. The molecule has 0 saturated carbocycles. The maximum atomic E-state index is 12.4. The van der Waals surface area contributed by atoms with Gasteiger partial charge in [-0.2, -0.15) is 0 Å². The summed E-state index contributed by atoms with van der Waals surface area (Å²) in [5.41, 5.74) is -0.689. The number of nitro groups is 1. The monoisotopic (exact) mass is 371 g/mol. The van der Waals surface area contributed by atoms with Crippen molar-refractivity contribution in [2.24, 2.45) is 0 Å². The predicted molar refractivity (Wildman–Crippen MR) is 84.8 cm³/mol. The van der Waals surface area contributed by atoms with E-state index in [-0.39, 0.29) is 10.8 Å². The Bertz CT molecular complexity index is 945. The van der Waals surface area contributed by atoms with E-state index in [9.17, 15) is 23.3 Å². The number of pyridine rings is 1. The average Bonchev–Trinajstić information content (AvgIpc) is 2.49. The van der Waals surface area contributed by atoms with Crippen LogP contribution >= 0.6 is 11.6 Å². The minimum absolute atomic E-state index is 0.0935. The number of halogens is 1. The van der Waals surface area contributed by atoms with Crippen LogP contribution in [0.15, 0.2) is 35.4 Å². The van der Waals surface area contributed by atoms with Gasteiger partial charge in [0.25, 0.3) is 15.7 Å². The van der Waals surface area contributed by atoms with E-state index in [1.807, 2.05) is 0 Å². The summed E-state index contributed by atoms with van der Waals surface area (Å²) in [5, 5.41) is 20.1. The molecule has 1 heterocycles. The zero-order chi connectivity index (χ0) is 18.1. The smallest absolute Gasteiger partial charge is 0.335 e. The number of nitrogens with zero attached hydrogens (tertiary/aromatic N) is 2. The third kappa shape index (κ3) is 3.60. The summed E-state index contributed by atoms with van der Waals surface area (Å²) < 4.78 is 27.0. The third-order valence-electron chi connectivity index (χ3n) is 3.01. The standard InChI is InChI=1S/C13H10ClN3O6S/c1-7-4-12(14)15-6-9(7)16-24(22,23)11-3-2-8(13(18)19)5-10(11)17(20)21/h2-6,16H,1H3,(H,18,19). The number of aromatic nitrogens is 1. The molecule has 0 amide bonds. The molecule has 0 radical (unpaired) electrons. The van der Waals surface area contributed by atoms with Gasteiger partial charge in [-0.05, 0) is 30.7 Å². The Balaban J connectivity index is 2.52. The van der Waals surface area contributed by atoms with Crippen LogP contribution in [0.5, 0.6) is 0 Å². The number of benzene rings is 1. The Hall–Kier alpha value is -2.72. The van der Waals surface area contributed by atoms with Crippen LogP contribution in [0.25, 0.3) is 0 Å². The topological polar surface area (TPSA) is 140 Å². The van der Waals surface area contributed by atoms with Gasteiger partial charge in [0.05, 0.1) is 22.4 Å². The molecule has 0 aliphatic rings. The number of aryl methyl sites for hydroxylation is 1. The normalized spacial score (nSPS) is 11.1. The van der Waals surface area contributed by atoms with Gasteiger partial charge in [-0.3, -0.25) is 14.8 Å². The van der Waals surface area contributed by atoms with Gasteiger partial charge in [-0.25, -0.2) is 18.2 Å². The summed E-state index contributed by atoms with van der Waals surface area (Å²) in [6.07, 6.45) is 1.17. The lowest BCUT2D eigenvalue weighted by atomic mass is 10.2. The van der Waals surface area contributed by atoms with Crippen LogP contribution in [-0.4, -0.2) is 29.4 Å². The molecule has 2 aromatic rings. The number of sulfonamides is 1. The van der Waals surface area contributed by atoms with Gasteiger partial charge in [0, 0.05) is 6.07 Å². The van der Waals surface area contributed by atoms with Crippen molar-refractivity contribution in [3.63, 3.8) is 0 Å². The molecule has 11 heteroatoms. The van der Waals surface area contributed by atoms with Crippen molar-refractivity contribution in [2.45, 2.75) is 11.8 Å². The van der Waals surface area contributed by atoms with E-state index in [4.69, 9.17) is 16.7 Å². The minimum atomic E-state index is -4.33. The van der Waals surface area contributed by atoms with Crippen LogP contribution in [0.1, 0.15) is 15.9 Å². The highest BCUT2D eigenvalue weighted by atomic mass is 35.5. The van der Waals surface area contributed by atoms with E-state index in [0.29, 0.717) is 11.6 Å². The van der Waals surface area contributed by atoms with Crippen LogP contribution in [0, 0.1) is 17.0 Å². The molecule has 2 rings (SSSR count). The average molecular weight is 372 g/mol. The molecule has 126 valence electrons. The Morgan fingerprint density at radius 1 is 1.38 bits per heavy atom. The Morgan fingerprint density at radius 2 is 2.04 bits per heavy atom. The molecule has 0 atom stereocenters. The van der Waals surface area contributed by atoms with E-state index in [1.165, 1.54) is 12.3 Å². The number of carboxylic acid groups (broad SMARTS) is 1. The van der Waals surface area contributed by atoms with Crippen LogP contribution in [0.2, 0.25) is 5.15 Å². The second kappa shape index (κ2) is 6.42. The molecule has 0 saturated heterocycles. The van der Waals surface area contributed by atoms with Crippen LogP contribution in [-0.2, 0) is 10.0 Å². The highest BCUT2D eigenvalue weighted by molar-refractivity contribution is 7.92. The summed E-state index contributed by atoms with van der Waals surface area (Å²) in [4.78, 5) is 24.1. The zero-order valence-electron chi connectivity index (χ0n) is 12.1. The largest absolute Gasteiger partial charge is 0.478 e. The Kier molecular flexibility index (Phi) is 4.71. The molecule has 2 N–H and O–H groups in total. The predicted octanol–water partition coefficient (Wildman–Crippen LogP) is 2.45. The summed E-state index contributed by atoms with van der Waals surface area (Å²) in [6, 6.07) is 3.94. The van der Waals surface area contributed by atoms with Gasteiger partial charge in [-0.1, -0.05) is 11.6 Å². The van der Waals surface area contributed by atoms with Gasteiger partial charge < -0.3 is 5.11 Å². The first-order valence-corrected chi connectivity index (χ1v) is 8.14. The van der Waals surface area contributed by atoms with Crippen molar-refractivity contribution in [1.82, 2.24) is 4.98 Å². The number of carboxylic acids is 1. The lowest BCUT2D eigenvalue weighted by Crippen LogP contribution is -2.16. The van der Waals surface area contributed by atoms with Crippen molar-refractivity contribution < 1.29 is 23.2 Å². The molecule has 0 bridgehead atoms. The lowest BCUT2D eigenvalue weighted by Gasteiger charge is -2.11. The molecule has 9 nitrogen and oxygen atoms in total. The van der Waals surface area contributed by atoms with Gasteiger partial charge in [0.1, 0.15) is 5.15 Å². The van der Waals surface area contributed by atoms with Crippen LogP contribution < -0.4 is 4.72 Å². The van der Waals surface area contributed by atoms with E-state index < -0.39 is 37.1 Å². The van der Waals surface area contributed by atoms with Gasteiger partial charge in [0.2, 0.25) is 0 Å². The van der Waals surface area contributed by atoms with E-state index >= 15 is 0 Å². The molecule has 1 aromatic carbocycles. The third-order valence-corrected chi connectivity index (χ3v) is 4.63. The highest BCUT2D eigenvalue weighted by Gasteiger charge is 2.27. The lowest BCUT2D eigenvalue weighted by molar-refractivity contribution is -0.387. The van der Waals surface area contributed by atoms with E-state index in [1.54, 1.807) is 6.92 Å². The van der Waals surface area contributed by atoms with Gasteiger partial charge >= 0.3 is 5.97 Å². The quantitative estimate of drug-likeness (QED) is 0.467. The van der Waals surface area contributed by atoms with Gasteiger partial charge in [-0.15, -0.1) is 0 Å². The Labute approximate surface area is 141 Å². The summed E-state index contributed by atoms with van der Waals surface area (Å²) in [7, 11) is -4.33. The second-order valence-corrected chi connectivity index (χ2v) is 6.71. The summed E-state index contributed by atoms with van der Waals surface area (Å²) in [6.45, 7) is 1.58. The fourth-order valence-electron chi connectivity index (χ4n) is 1.85. The van der Waals surface area contributed by atoms with Crippen molar-refractivity contribution in [2.75, 3.05) is 4.72 Å². The first kappa shape index (κ1) is 17.6. The molecule has 0 aliphatic heterocycles. The fraction of sp³-hybridized carbons (Fsp3) is 0.0769. The number of hydrogen-bond acceptors (Lipinski definition) is 6. The molecule has 24 heavy (non-hydrogen) atoms. The second-order valence-electron chi connectivity index (χ2n) is 4.67. The van der Waals surface area contributed by atoms with Crippen molar-refractivity contribution in [1.29, 1.82) is 0 Å². The summed E-state index contributed by atoms with van der Waals surface area (Å²) >= 11 is 5.69.